The second-order valence-corrected chi connectivity index (χ2v) is 8.17. The molecule has 3 N–H and O–H groups in total. The van der Waals surface area contributed by atoms with E-state index in [1.54, 1.807) is 0 Å². The van der Waals surface area contributed by atoms with Crippen LogP contribution in [0.3, 0.4) is 0 Å². The molecule has 0 aliphatic rings. The maximum absolute atomic E-state index is 13.7. The molecule has 4 aromatic carbocycles. The van der Waals surface area contributed by atoms with Crippen LogP contribution in [0, 0.1) is 0 Å². The SMILES string of the molecule is CC(C(=O)N[C@H](Cc1ccc2ccccc2c1)C(N)=O)(c1ccccc1)c1ccccc1. The van der Waals surface area contributed by atoms with Crippen molar-refractivity contribution in [3.05, 3.63) is 120 Å². The maximum atomic E-state index is 13.7. The van der Waals surface area contributed by atoms with E-state index in [0.29, 0.717) is 6.42 Å². The van der Waals surface area contributed by atoms with Crippen molar-refractivity contribution < 1.29 is 9.59 Å². The van der Waals surface area contributed by atoms with Gasteiger partial charge >= 0.3 is 0 Å². The number of nitrogens with two attached hydrogens (primary N) is 1. The molecule has 4 rings (SSSR count). The Labute approximate surface area is 188 Å². The minimum absolute atomic E-state index is 0.264. The predicted octanol–water partition coefficient (Wildman–Crippen LogP) is 4.36. The first kappa shape index (κ1) is 21.3. The third-order valence-electron chi connectivity index (χ3n) is 6.06. The Hall–Kier alpha value is -3.92. The molecule has 0 unspecified atom stereocenters. The van der Waals surface area contributed by atoms with Gasteiger partial charge in [0, 0.05) is 6.42 Å². The van der Waals surface area contributed by atoms with Gasteiger partial charge in [-0.25, -0.2) is 0 Å². The summed E-state index contributed by atoms with van der Waals surface area (Å²) in [6.07, 6.45) is 0.325. The number of benzene rings is 4. The number of primary amides is 1. The monoisotopic (exact) mass is 422 g/mol. The number of carbonyl (C=O) groups excluding carboxylic acids is 2. The van der Waals surface area contributed by atoms with Crippen molar-refractivity contribution in [2.45, 2.75) is 24.8 Å². The van der Waals surface area contributed by atoms with Crippen LogP contribution in [0.1, 0.15) is 23.6 Å². The number of carbonyl (C=O) groups is 2. The van der Waals surface area contributed by atoms with Crippen molar-refractivity contribution in [1.29, 1.82) is 0 Å². The molecule has 0 bridgehead atoms. The Kier molecular flexibility index (Phi) is 6.04. The molecule has 4 nitrogen and oxygen atoms in total. The molecule has 160 valence electrons. The van der Waals surface area contributed by atoms with Gasteiger partial charge in [0.15, 0.2) is 0 Å². The summed E-state index contributed by atoms with van der Waals surface area (Å²) in [6, 6.07) is 32.4. The van der Waals surface area contributed by atoms with Gasteiger partial charge in [0.2, 0.25) is 11.8 Å². The van der Waals surface area contributed by atoms with Crippen LogP contribution < -0.4 is 11.1 Å². The molecule has 2 amide bonds. The predicted molar refractivity (Wildman–Crippen MR) is 128 cm³/mol. The van der Waals surface area contributed by atoms with E-state index in [1.807, 2.05) is 110 Å². The molecular formula is C28H26N2O2. The average Bonchev–Trinajstić information content (AvgIpc) is 2.84. The van der Waals surface area contributed by atoms with Crippen LogP contribution in [0.5, 0.6) is 0 Å². The topological polar surface area (TPSA) is 72.2 Å². The van der Waals surface area contributed by atoms with Gasteiger partial charge in [-0.2, -0.15) is 0 Å². The van der Waals surface area contributed by atoms with E-state index in [0.717, 1.165) is 27.5 Å². The van der Waals surface area contributed by atoms with Gasteiger partial charge in [0.25, 0.3) is 0 Å². The largest absolute Gasteiger partial charge is 0.368 e. The van der Waals surface area contributed by atoms with Gasteiger partial charge in [-0.05, 0) is 34.4 Å². The number of amides is 2. The lowest BCUT2D eigenvalue weighted by atomic mass is 9.75. The van der Waals surface area contributed by atoms with E-state index in [1.165, 1.54) is 0 Å². The maximum Gasteiger partial charge on any atom is 0.240 e. The van der Waals surface area contributed by atoms with Crippen molar-refractivity contribution in [3.8, 4) is 0 Å². The van der Waals surface area contributed by atoms with Gasteiger partial charge in [0.05, 0.1) is 5.41 Å². The molecule has 0 saturated carbocycles. The van der Waals surface area contributed by atoms with Gasteiger partial charge in [0.1, 0.15) is 6.04 Å². The zero-order valence-electron chi connectivity index (χ0n) is 18.0. The molecule has 4 aromatic rings. The minimum Gasteiger partial charge on any atom is -0.368 e. The standard InChI is InChI=1S/C28H26N2O2/c1-28(23-12-4-2-5-13-23,24-14-6-3-7-15-24)27(32)30-25(26(29)31)19-20-16-17-21-10-8-9-11-22(21)18-20/h2-18,25H,19H2,1H3,(H2,29,31)(H,30,32)/t25-/m1/s1. The molecule has 0 aliphatic carbocycles. The van der Waals surface area contributed by atoms with Crippen LogP contribution in [0.15, 0.2) is 103 Å². The normalized spacial score (nSPS) is 12.3. The number of hydrogen-bond donors (Lipinski definition) is 2. The molecular weight excluding hydrogens is 396 g/mol. The summed E-state index contributed by atoms with van der Waals surface area (Å²) in [5, 5.41) is 5.14. The van der Waals surface area contributed by atoms with Crippen LogP contribution in [-0.4, -0.2) is 17.9 Å². The fraction of sp³-hybridized carbons (Fsp3) is 0.143. The molecule has 0 radical (unpaired) electrons. The Morgan fingerprint density at radius 3 is 1.88 bits per heavy atom. The number of rotatable bonds is 7. The summed E-state index contributed by atoms with van der Waals surface area (Å²) < 4.78 is 0. The fourth-order valence-corrected chi connectivity index (χ4v) is 4.10. The lowest BCUT2D eigenvalue weighted by Crippen LogP contribution is -2.52. The van der Waals surface area contributed by atoms with E-state index in [4.69, 9.17) is 5.73 Å². The van der Waals surface area contributed by atoms with Gasteiger partial charge in [-0.3, -0.25) is 9.59 Å². The van der Waals surface area contributed by atoms with E-state index in [2.05, 4.69) is 5.32 Å². The second kappa shape index (κ2) is 9.06. The number of fused-ring (bicyclic) bond motifs is 1. The first-order chi connectivity index (χ1) is 15.5. The first-order valence-corrected chi connectivity index (χ1v) is 10.7. The number of nitrogens with one attached hydrogen (secondary N) is 1. The van der Waals surface area contributed by atoms with E-state index in [-0.39, 0.29) is 5.91 Å². The molecule has 0 heterocycles. The Morgan fingerprint density at radius 1 is 0.781 bits per heavy atom. The van der Waals surface area contributed by atoms with Crippen molar-refractivity contribution in [1.82, 2.24) is 5.32 Å². The molecule has 0 aromatic heterocycles. The highest BCUT2D eigenvalue weighted by molar-refractivity contribution is 5.95. The zero-order valence-corrected chi connectivity index (χ0v) is 18.0. The molecule has 4 heteroatoms. The van der Waals surface area contributed by atoms with E-state index in [9.17, 15) is 9.59 Å². The minimum atomic E-state index is -0.973. The highest BCUT2D eigenvalue weighted by Crippen LogP contribution is 2.32. The smallest absolute Gasteiger partial charge is 0.240 e. The Bertz CT molecular complexity index is 1200. The van der Waals surface area contributed by atoms with E-state index < -0.39 is 17.4 Å². The third kappa shape index (κ3) is 4.26. The van der Waals surface area contributed by atoms with Crippen molar-refractivity contribution in [2.24, 2.45) is 5.73 Å². The van der Waals surface area contributed by atoms with Gasteiger partial charge < -0.3 is 11.1 Å². The highest BCUT2D eigenvalue weighted by atomic mass is 16.2. The van der Waals surface area contributed by atoms with Crippen LogP contribution in [0.2, 0.25) is 0 Å². The van der Waals surface area contributed by atoms with Gasteiger partial charge in [-0.15, -0.1) is 0 Å². The zero-order chi connectivity index (χ0) is 22.6. The summed E-state index contributed by atoms with van der Waals surface area (Å²) in [4.78, 5) is 26.0. The quantitative estimate of drug-likeness (QED) is 0.465. The van der Waals surface area contributed by atoms with Crippen LogP contribution in [0.4, 0.5) is 0 Å². The third-order valence-corrected chi connectivity index (χ3v) is 6.06. The second-order valence-electron chi connectivity index (χ2n) is 8.17. The summed E-state index contributed by atoms with van der Waals surface area (Å²) in [7, 11) is 0. The summed E-state index contributed by atoms with van der Waals surface area (Å²) in [5.74, 6) is -0.825. The van der Waals surface area contributed by atoms with E-state index >= 15 is 0 Å². The molecule has 0 fully saturated rings. The molecule has 0 aliphatic heterocycles. The van der Waals surface area contributed by atoms with Crippen LogP contribution in [0.25, 0.3) is 10.8 Å². The first-order valence-electron chi connectivity index (χ1n) is 10.7. The van der Waals surface area contributed by atoms with Gasteiger partial charge in [-0.1, -0.05) is 103 Å². The summed E-state index contributed by atoms with van der Waals surface area (Å²) in [6.45, 7) is 1.88. The average molecular weight is 423 g/mol. The summed E-state index contributed by atoms with van der Waals surface area (Å²) >= 11 is 0. The van der Waals surface area contributed by atoms with Crippen LogP contribution >= 0.6 is 0 Å². The summed E-state index contributed by atoms with van der Waals surface area (Å²) in [5.41, 5.74) is 7.37. The lowest BCUT2D eigenvalue weighted by Gasteiger charge is -2.31. The molecule has 1 atom stereocenters. The molecule has 0 spiro atoms. The molecule has 0 saturated heterocycles. The highest BCUT2D eigenvalue weighted by Gasteiger charge is 2.38. The van der Waals surface area contributed by atoms with Crippen molar-refractivity contribution >= 4 is 22.6 Å². The van der Waals surface area contributed by atoms with Crippen LogP contribution in [-0.2, 0) is 21.4 Å². The lowest BCUT2D eigenvalue weighted by molar-refractivity contribution is -0.129. The Morgan fingerprint density at radius 2 is 1.31 bits per heavy atom. The van der Waals surface area contributed by atoms with Crippen molar-refractivity contribution in [2.75, 3.05) is 0 Å². The fourth-order valence-electron chi connectivity index (χ4n) is 4.10. The number of hydrogen-bond acceptors (Lipinski definition) is 2. The molecule has 32 heavy (non-hydrogen) atoms. The Balaban J connectivity index is 1.65. The van der Waals surface area contributed by atoms with Crippen molar-refractivity contribution in [3.63, 3.8) is 0 Å².